The van der Waals surface area contributed by atoms with Gasteiger partial charge in [0.2, 0.25) is 0 Å². The fourth-order valence-electron chi connectivity index (χ4n) is 4.39. The summed E-state index contributed by atoms with van der Waals surface area (Å²) in [5, 5.41) is 17.8. The first-order valence-electron chi connectivity index (χ1n) is 12.3. The molecule has 0 radical (unpaired) electrons. The molecule has 1 heterocycles. The van der Waals surface area contributed by atoms with Gasteiger partial charge in [0.05, 0.1) is 28.4 Å². The first-order valence-corrected chi connectivity index (χ1v) is 12.6. The molecule has 0 aliphatic rings. The van der Waals surface area contributed by atoms with E-state index < -0.39 is 17.9 Å². The van der Waals surface area contributed by atoms with E-state index in [0.29, 0.717) is 22.7 Å². The second kappa shape index (κ2) is 11.8. The summed E-state index contributed by atoms with van der Waals surface area (Å²) in [5.74, 6) is -1.04. The van der Waals surface area contributed by atoms with Crippen molar-refractivity contribution in [2.75, 3.05) is 0 Å². The lowest BCUT2D eigenvalue weighted by atomic mass is 10.0. The summed E-state index contributed by atoms with van der Waals surface area (Å²) in [5.41, 5.74) is 7.24. The number of hydrogen-bond donors (Lipinski definition) is 2. The van der Waals surface area contributed by atoms with Crippen molar-refractivity contribution in [3.63, 3.8) is 0 Å². The lowest BCUT2D eigenvalue weighted by Gasteiger charge is -2.20. The van der Waals surface area contributed by atoms with Gasteiger partial charge in [-0.3, -0.25) is 9.59 Å². The summed E-state index contributed by atoms with van der Waals surface area (Å²) < 4.78 is 2.13. The Morgan fingerprint density at radius 3 is 2.47 bits per heavy atom. The van der Waals surface area contributed by atoms with Crippen LogP contribution in [0.25, 0.3) is 10.9 Å². The van der Waals surface area contributed by atoms with Crippen molar-refractivity contribution in [2.45, 2.75) is 33.4 Å². The number of carbonyl (C=O) groups is 2. The standard InChI is InChI=1S/C30H28ClN5O2/c1-19(2)28(34-29(37)24-13-6-8-14-26(24)31)30(38)35-33-17-25-20(3)36(27-15-9-7-12-23(25)27)18-22-11-5-4-10-21(22)16-32/h4-15,17,19,28H,18H2,1-3H3,(H,34,37)(H,35,38)/b33-17-. The van der Waals surface area contributed by atoms with Gasteiger partial charge >= 0.3 is 0 Å². The minimum Gasteiger partial charge on any atom is -0.340 e. The number of nitrogens with zero attached hydrogens (tertiary/aromatic N) is 3. The Morgan fingerprint density at radius 2 is 1.74 bits per heavy atom. The Labute approximate surface area is 226 Å². The monoisotopic (exact) mass is 525 g/mol. The zero-order valence-corrected chi connectivity index (χ0v) is 22.2. The number of halogens is 1. The third-order valence-electron chi connectivity index (χ3n) is 6.47. The van der Waals surface area contributed by atoms with Crippen LogP contribution in [-0.4, -0.2) is 28.6 Å². The number of aromatic nitrogens is 1. The van der Waals surface area contributed by atoms with E-state index >= 15 is 0 Å². The van der Waals surface area contributed by atoms with Crippen LogP contribution >= 0.6 is 11.6 Å². The highest BCUT2D eigenvalue weighted by atomic mass is 35.5. The second-order valence-corrected chi connectivity index (χ2v) is 9.69. The molecule has 2 amide bonds. The van der Waals surface area contributed by atoms with Gasteiger partial charge in [-0.25, -0.2) is 5.43 Å². The summed E-state index contributed by atoms with van der Waals surface area (Å²) >= 11 is 6.14. The number of hydrazone groups is 1. The molecule has 8 heteroatoms. The zero-order valence-electron chi connectivity index (χ0n) is 21.4. The molecule has 0 spiro atoms. The normalized spacial score (nSPS) is 12.0. The van der Waals surface area contributed by atoms with Gasteiger partial charge in [-0.05, 0) is 42.7 Å². The van der Waals surface area contributed by atoms with Gasteiger partial charge in [0.15, 0.2) is 0 Å². The molecule has 1 atom stereocenters. The number of fused-ring (bicyclic) bond motifs is 1. The predicted octanol–water partition coefficient (Wildman–Crippen LogP) is 5.43. The van der Waals surface area contributed by atoms with E-state index in [1.54, 1.807) is 30.5 Å². The lowest BCUT2D eigenvalue weighted by molar-refractivity contribution is -0.123. The maximum Gasteiger partial charge on any atom is 0.262 e. The number of rotatable bonds is 8. The molecule has 3 aromatic carbocycles. The van der Waals surface area contributed by atoms with Crippen molar-refractivity contribution in [1.29, 1.82) is 5.26 Å². The Morgan fingerprint density at radius 1 is 1.05 bits per heavy atom. The van der Waals surface area contributed by atoms with E-state index in [4.69, 9.17) is 11.6 Å². The fraction of sp³-hybridized carbons (Fsp3) is 0.200. The largest absolute Gasteiger partial charge is 0.340 e. The van der Waals surface area contributed by atoms with Crippen LogP contribution in [0.1, 0.15) is 46.6 Å². The molecule has 7 nitrogen and oxygen atoms in total. The molecule has 0 aliphatic heterocycles. The van der Waals surface area contributed by atoms with Gasteiger partial charge in [0.25, 0.3) is 11.8 Å². The Kier molecular flexibility index (Phi) is 8.25. The van der Waals surface area contributed by atoms with E-state index in [-0.39, 0.29) is 5.92 Å². The number of amides is 2. The highest BCUT2D eigenvalue weighted by Gasteiger charge is 2.25. The van der Waals surface area contributed by atoms with Crippen molar-refractivity contribution in [1.82, 2.24) is 15.3 Å². The first-order chi connectivity index (χ1) is 18.3. The molecular formula is C30H28ClN5O2. The molecule has 0 fully saturated rings. The van der Waals surface area contributed by atoms with E-state index in [9.17, 15) is 14.9 Å². The van der Waals surface area contributed by atoms with Crippen molar-refractivity contribution in [3.8, 4) is 6.07 Å². The van der Waals surface area contributed by atoms with Crippen LogP contribution in [0.15, 0.2) is 77.9 Å². The predicted molar refractivity (Wildman–Crippen MR) is 150 cm³/mol. The van der Waals surface area contributed by atoms with Crippen LogP contribution in [-0.2, 0) is 11.3 Å². The second-order valence-electron chi connectivity index (χ2n) is 9.28. The minimum absolute atomic E-state index is 0.180. The van der Waals surface area contributed by atoms with E-state index in [0.717, 1.165) is 27.7 Å². The Hall–Kier alpha value is -4.41. The van der Waals surface area contributed by atoms with E-state index in [1.165, 1.54) is 0 Å². The number of nitrogens with one attached hydrogen (secondary N) is 2. The van der Waals surface area contributed by atoms with Crippen LogP contribution in [0.4, 0.5) is 0 Å². The number of nitriles is 1. The van der Waals surface area contributed by atoms with Crippen LogP contribution in [0.5, 0.6) is 0 Å². The van der Waals surface area contributed by atoms with Gasteiger partial charge in [0, 0.05) is 28.7 Å². The van der Waals surface area contributed by atoms with Crippen LogP contribution in [0.2, 0.25) is 5.02 Å². The third kappa shape index (κ3) is 5.61. The van der Waals surface area contributed by atoms with Gasteiger partial charge in [-0.15, -0.1) is 0 Å². The van der Waals surface area contributed by atoms with Gasteiger partial charge in [-0.1, -0.05) is 74.0 Å². The molecule has 0 aliphatic carbocycles. The average molecular weight is 526 g/mol. The van der Waals surface area contributed by atoms with Gasteiger partial charge in [0.1, 0.15) is 6.04 Å². The number of carbonyl (C=O) groups excluding carboxylic acids is 2. The van der Waals surface area contributed by atoms with Crippen LogP contribution in [0, 0.1) is 24.2 Å². The number of hydrogen-bond acceptors (Lipinski definition) is 4. The molecule has 192 valence electrons. The number of benzene rings is 3. The summed E-state index contributed by atoms with van der Waals surface area (Å²) in [6, 6.07) is 23.6. The molecule has 1 aromatic heterocycles. The van der Waals surface area contributed by atoms with Crippen LogP contribution in [0.3, 0.4) is 0 Å². The Balaban J connectivity index is 1.56. The smallest absolute Gasteiger partial charge is 0.262 e. The maximum atomic E-state index is 13.0. The highest BCUT2D eigenvalue weighted by molar-refractivity contribution is 6.33. The molecule has 4 rings (SSSR count). The summed E-state index contributed by atoms with van der Waals surface area (Å²) in [6.45, 7) is 6.20. The zero-order chi connectivity index (χ0) is 27.2. The van der Waals surface area contributed by atoms with Crippen molar-refractivity contribution >= 4 is 40.5 Å². The quantitative estimate of drug-likeness (QED) is 0.237. The summed E-state index contributed by atoms with van der Waals surface area (Å²) in [6.07, 6.45) is 1.62. The van der Waals surface area contributed by atoms with Crippen LogP contribution < -0.4 is 10.7 Å². The molecule has 0 saturated carbocycles. The van der Waals surface area contributed by atoms with Crippen molar-refractivity contribution in [2.24, 2.45) is 11.0 Å². The molecule has 38 heavy (non-hydrogen) atoms. The van der Waals surface area contributed by atoms with Gasteiger partial charge < -0.3 is 9.88 Å². The molecular weight excluding hydrogens is 498 g/mol. The van der Waals surface area contributed by atoms with Crippen molar-refractivity contribution in [3.05, 3.63) is 106 Å². The van der Waals surface area contributed by atoms with E-state index in [2.05, 4.69) is 26.5 Å². The van der Waals surface area contributed by atoms with E-state index in [1.807, 2.05) is 69.3 Å². The third-order valence-corrected chi connectivity index (χ3v) is 6.80. The number of para-hydroxylation sites is 1. The highest BCUT2D eigenvalue weighted by Crippen LogP contribution is 2.26. The average Bonchev–Trinajstić information content (AvgIpc) is 3.18. The van der Waals surface area contributed by atoms with Gasteiger partial charge in [-0.2, -0.15) is 10.4 Å². The summed E-state index contributed by atoms with van der Waals surface area (Å²) in [7, 11) is 0. The SMILES string of the molecule is Cc1c(/C=N\NC(=O)C(NC(=O)c2ccccc2Cl)C(C)C)c2ccccc2n1Cc1ccccc1C#N. The molecule has 1 unspecified atom stereocenters. The first kappa shape index (κ1) is 26.6. The molecule has 0 saturated heterocycles. The minimum atomic E-state index is -0.805. The molecule has 2 N–H and O–H groups in total. The maximum absolute atomic E-state index is 13.0. The summed E-state index contributed by atoms with van der Waals surface area (Å²) in [4.78, 5) is 25.7. The topological polar surface area (TPSA) is 99.3 Å². The molecule has 0 bridgehead atoms. The lowest BCUT2D eigenvalue weighted by Crippen LogP contribution is -2.48. The Bertz CT molecular complexity index is 1560. The fourth-order valence-corrected chi connectivity index (χ4v) is 4.61. The van der Waals surface area contributed by atoms with Crippen molar-refractivity contribution < 1.29 is 9.59 Å². The molecule has 4 aromatic rings.